The normalized spacial score (nSPS) is 12.2. The third-order valence-corrected chi connectivity index (χ3v) is 5.85. The highest BCUT2D eigenvalue weighted by Crippen LogP contribution is 2.37. The van der Waals surface area contributed by atoms with Crippen molar-refractivity contribution in [3.05, 3.63) is 101 Å². The summed E-state index contributed by atoms with van der Waals surface area (Å²) in [6, 6.07) is 26.2. The van der Waals surface area contributed by atoms with Crippen molar-refractivity contribution in [1.29, 1.82) is 0 Å². The summed E-state index contributed by atoms with van der Waals surface area (Å²) in [5.74, 6) is 1.70. The second kappa shape index (κ2) is 9.20. The fourth-order valence-electron chi connectivity index (χ4n) is 4.19. The Balaban J connectivity index is 1.33. The monoisotopic (exact) mass is 440 g/mol. The van der Waals surface area contributed by atoms with E-state index >= 15 is 0 Å². The molecular weight excluding hydrogens is 416 g/mol. The number of carbonyl (C=O) groups excluding carboxylic acids is 1. The van der Waals surface area contributed by atoms with Crippen molar-refractivity contribution in [3.63, 3.8) is 0 Å². The number of aromatic nitrogens is 1. The Morgan fingerprint density at radius 2 is 1.61 bits per heavy atom. The first-order chi connectivity index (χ1) is 16.2. The molecule has 1 aliphatic rings. The average Bonchev–Trinajstić information content (AvgIpc) is 3.48. The number of nitrogens with zero attached hydrogens (tertiary/aromatic N) is 1. The van der Waals surface area contributed by atoms with Gasteiger partial charge in [-0.25, -0.2) is 0 Å². The second-order valence-corrected chi connectivity index (χ2v) is 7.96. The number of ether oxygens (including phenoxy) is 2. The third kappa shape index (κ3) is 4.32. The topological polar surface area (TPSA) is 73.6 Å². The van der Waals surface area contributed by atoms with Crippen LogP contribution in [0.25, 0.3) is 11.3 Å². The van der Waals surface area contributed by atoms with Crippen molar-refractivity contribution in [2.45, 2.75) is 19.3 Å². The summed E-state index contributed by atoms with van der Waals surface area (Å²) < 4.78 is 16.4. The van der Waals surface area contributed by atoms with Gasteiger partial charge in [-0.3, -0.25) is 4.79 Å². The SMILES string of the molecule is Cc1noc(-c2ccc3c(c2)OCO3)c1C(=O)NCCC(c1ccccc1)c1ccccc1. The van der Waals surface area contributed by atoms with Crippen LogP contribution in [-0.2, 0) is 0 Å². The van der Waals surface area contributed by atoms with Gasteiger partial charge in [-0.2, -0.15) is 0 Å². The lowest BCUT2D eigenvalue weighted by Crippen LogP contribution is -2.26. The molecule has 6 nitrogen and oxygen atoms in total. The number of carbonyl (C=O) groups is 1. The fraction of sp³-hybridized carbons (Fsp3) is 0.185. The number of rotatable bonds is 7. The van der Waals surface area contributed by atoms with E-state index in [9.17, 15) is 4.79 Å². The maximum absolute atomic E-state index is 13.1. The molecule has 1 aliphatic heterocycles. The Kier molecular flexibility index (Phi) is 5.81. The van der Waals surface area contributed by atoms with Crippen LogP contribution in [-0.4, -0.2) is 24.4 Å². The van der Waals surface area contributed by atoms with E-state index < -0.39 is 0 Å². The molecule has 1 amide bonds. The number of amides is 1. The van der Waals surface area contributed by atoms with Gasteiger partial charge in [0.15, 0.2) is 17.3 Å². The minimum absolute atomic E-state index is 0.185. The number of nitrogens with one attached hydrogen (secondary N) is 1. The van der Waals surface area contributed by atoms with Crippen LogP contribution in [0.3, 0.4) is 0 Å². The summed E-state index contributed by atoms with van der Waals surface area (Å²) >= 11 is 0. The molecule has 0 fully saturated rings. The van der Waals surface area contributed by atoms with Crippen LogP contribution in [0, 0.1) is 6.92 Å². The highest BCUT2D eigenvalue weighted by molar-refractivity contribution is 6.00. The molecule has 0 radical (unpaired) electrons. The van der Waals surface area contributed by atoms with E-state index in [1.165, 1.54) is 11.1 Å². The van der Waals surface area contributed by atoms with Crippen LogP contribution in [0.15, 0.2) is 83.4 Å². The van der Waals surface area contributed by atoms with Crippen molar-refractivity contribution < 1.29 is 18.8 Å². The molecule has 0 saturated carbocycles. The summed E-state index contributed by atoms with van der Waals surface area (Å²) in [5.41, 5.74) is 4.14. The smallest absolute Gasteiger partial charge is 0.257 e. The average molecular weight is 440 g/mol. The van der Waals surface area contributed by atoms with Crippen LogP contribution in [0.4, 0.5) is 0 Å². The lowest BCUT2D eigenvalue weighted by molar-refractivity contribution is 0.0952. The number of fused-ring (bicyclic) bond motifs is 1. The molecular formula is C27H24N2O4. The van der Waals surface area contributed by atoms with Gasteiger partial charge in [0, 0.05) is 18.0 Å². The minimum Gasteiger partial charge on any atom is -0.454 e. The molecule has 3 aromatic carbocycles. The molecule has 4 aromatic rings. The van der Waals surface area contributed by atoms with Crippen LogP contribution in [0.2, 0.25) is 0 Å². The summed E-state index contributed by atoms with van der Waals surface area (Å²) in [6.45, 7) is 2.47. The fourth-order valence-corrected chi connectivity index (χ4v) is 4.19. The number of hydrogen-bond acceptors (Lipinski definition) is 5. The van der Waals surface area contributed by atoms with E-state index in [1.807, 2.05) is 48.5 Å². The van der Waals surface area contributed by atoms with E-state index in [2.05, 4.69) is 34.7 Å². The van der Waals surface area contributed by atoms with Crippen LogP contribution >= 0.6 is 0 Å². The Bertz CT molecular complexity index is 1210. The van der Waals surface area contributed by atoms with E-state index in [0.29, 0.717) is 35.1 Å². The van der Waals surface area contributed by atoms with Crippen LogP contribution < -0.4 is 14.8 Å². The molecule has 2 heterocycles. The quantitative estimate of drug-likeness (QED) is 0.420. The van der Waals surface area contributed by atoms with Gasteiger partial charge in [0.2, 0.25) is 6.79 Å². The molecule has 0 aliphatic carbocycles. The Hall–Kier alpha value is -4.06. The Morgan fingerprint density at radius 3 is 2.30 bits per heavy atom. The van der Waals surface area contributed by atoms with Gasteiger partial charge in [-0.05, 0) is 42.7 Å². The van der Waals surface area contributed by atoms with Gasteiger partial charge in [0.25, 0.3) is 5.91 Å². The van der Waals surface area contributed by atoms with Gasteiger partial charge < -0.3 is 19.3 Å². The molecule has 0 bridgehead atoms. The predicted octanol–water partition coefficient (Wildman–Crippen LogP) is 5.33. The second-order valence-electron chi connectivity index (χ2n) is 7.96. The molecule has 6 heteroatoms. The van der Waals surface area contributed by atoms with E-state index in [-0.39, 0.29) is 18.6 Å². The first-order valence-electron chi connectivity index (χ1n) is 10.9. The molecule has 1 aromatic heterocycles. The van der Waals surface area contributed by atoms with Crippen LogP contribution in [0.1, 0.15) is 39.5 Å². The summed E-state index contributed by atoms with van der Waals surface area (Å²) in [7, 11) is 0. The molecule has 5 rings (SSSR count). The standard InChI is InChI=1S/C27H24N2O4/c1-18-25(26(33-29-18)21-12-13-23-24(16-21)32-17-31-23)27(30)28-15-14-22(19-8-4-2-5-9-19)20-10-6-3-7-11-20/h2-13,16,22H,14-15,17H2,1H3,(H,28,30). The van der Waals surface area contributed by atoms with E-state index in [1.54, 1.807) is 13.0 Å². The number of benzene rings is 3. The van der Waals surface area contributed by atoms with Crippen molar-refractivity contribution in [2.24, 2.45) is 0 Å². The van der Waals surface area contributed by atoms with Gasteiger partial charge in [-0.1, -0.05) is 65.8 Å². The number of aryl methyl sites for hydroxylation is 1. The van der Waals surface area contributed by atoms with Crippen molar-refractivity contribution in [1.82, 2.24) is 10.5 Å². The zero-order valence-electron chi connectivity index (χ0n) is 18.3. The lowest BCUT2D eigenvalue weighted by atomic mass is 9.88. The first kappa shape index (κ1) is 20.8. The predicted molar refractivity (Wildman–Crippen MR) is 124 cm³/mol. The lowest BCUT2D eigenvalue weighted by Gasteiger charge is -2.18. The Labute approximate surface area is 192 Å². The van der Waals surface area contributed by atoms with E-state index in [0.717, 1.165) is 12.0 Å². The van der Waals surface area contributed by atoms with Crippen molar-refractivity contribution >= 4 is 5.91 Å². The van der Waals surface area contributed by atoms with Crippen molar-refractivity contribution in [3.8, 4) is 22.8 Å². The molecule has 1 N–H and O–H groups in total. The maximum atomic E-state index is 13.1. The summed E-state index contributed by atoms with van der Waals surface area (Å²) in [5, 5.41) is 7.10. The number of hydrogen-bond donors (Lipinski definition) is 1. The highest BCUT2D eigenvalue weighted by Gasteiger charge is 2.24. The molecule has 0 saturated heterocycles. The van der Waals surface area contributed by atoms with Gasteiger partial charge in [0.1, 0.15) is 5.56 Å². The Morgan fingerprint density at radius 1 is 0.939 bits per heavy atom. The first-order valence-corrected chi connectivity index (χ1v) is 10.9. The summed E-state index contributed by atoms with van der Waals surface area (Å²) in [6.07, 6.45) is 0.767. The van der Waals surface area contributed by atoms with E-state index in [4.69, 9.17) is 14.0 Å². The zero-order chi connectivity index (χ0) is 22.6. The van der Waals surface area contributed by atoms with Crippen molar-refractivity contribution in [2.75, 3.05) is 13.3 Å². The van der Waals surface area contributed by atoms with Gasteiger partial charge >= 0.3 is 0 Å². The molecule has 0 atom stereocenters. The zero-order valence-corrected chi connectivity index (χ0v) is 18.3. The highest BCUT2D eigenvalue weighted by atomic mass is 16.7. The minimum atomic E-state index is -0.207. The van der Waals surface area contributed by atoms with Gasteiger partial charge in [0.05, 0.1) is 5.69 Å². The van der Waals surface area contributed by atoms with Crippen LogP contribution in [0.5, 0.6) is 11.5 Å². The van der Waals surface area contributed by atoms with Gasteiger partial charge in [-0.15, -0.1) is 0 Å². The molecule has 33 heavy (non-hydrogen) atoms. The molecule has 166 valence electrons. The third-order valence-electron chi connectivity index (χ3n) is 5.85. The summed E-state index contributed by atoms with van der Waals surface area (Å²) in [4.78, 5) is 13.1. The molecule has 0 unspecified atom stereocenters. The maximum Gasteiger partial charge on any atom is 0.257 e. The molecule has 0 spiro atoms. The largest absolute Gasteiger partial charge is 0.454 e.